The van der Waals surface area contributed by atoms with Gasteiger partial charge >= 0.3 is 6.09 Å². The Kier molecular flexibility index (Phi) is 3.91. The van der Waals surface area contributed by atoms with Crippen molar-refractivity contribution >= 4 is 6.09 Å². The SMILES string of the molecule is CC(C)(C)OC(=O)N1CC2(CCC(N3CCNCC3)C2)C1. The molecule has 1 amide bonds. The maximum Gasteiger partial charge on any atom is 0.410 e. The van der Waals surface area contributed by atoms with Gasteiger partial charge in [0, 0.05) is 50.7 Å². The molecule has 1 unspecified atom stereocenters. The highest BCUT2D eigenvalue weighted by atomic mass is 16.6. The fourth-order valence-corrected chi connectivity index (χ4v) is 4.04. The number of hydrogen-bond acceptors (Lipinski definition) is 4. The first-order chi connectivity index (χ1) is 9.87. The van der Waals surface area contributed by atoms with Crippen molar-refractivity contribution in [3.8, 4) is 0 Å². The largest absolute Gasteiger partial charge is 0.444 e. The van der Waals surface area contributed by atoms with Crippen LogP contribution in [0.15, 0.2) is 0 Å². The monoisotopic (exact) mass is 295 g/mol. The number of piperazine rings is 1. The smallest absolute Gasteiger partial charge is 0.410 e. The Balaban J connectivity index is 1.48. The summed E-state index contributed by atoms with van der Waals surface area (Å²) in [5, 5.41) is 3.42. The van der Waals surface area contributed by atoms with E-state index in [-0.39, 0.29) is 6.09 Å². The second-order valence-corrected chi connectivity index (χ2v) is 8.02. The lowest BCUT2D eigenvalue weighted by atomic mass is 9.78. The van der Waals surface area contributed by atoms with E-state index < -0.39 is 5.60 Å². The first kappa shape index (κ1) is 15.1. The van der Waals surface area contributed by atoms with E-state index in [2.05, 4.69) is 10.2 Å². The lowest BCUT2D eigenvalue weighted by Crippen LogP contribution is -2.59. The number of likely N-dealkylation sites (tertiary alicyclic amines) is 1. The molecule has 0 aromatic heterocycles. The van der Waals surface area contributed by atoms with Gasteiger partial charge in [-0.15, -0.1) is 0 Å². The molecule has 5 nitrogen and oxygen atoms in total. The Labute approximate surface area is 128 Å². The molecule has 0 aromatic rings. The van der Waals surface area contributed by atoms with Gasteiger partial charge in [0.1, 0.15) is 5.60 Å². The Hall–Kier alpha value is -0.810. The van der Waals surface area contributed by atoms with Crippen molar-refractivity contribution in [1.82, 2.24) is 15.1 Å². The summed E-state index contributed by atoms with van der Waals surface area (Å²) in [6, 6.07) is 0.730. The normalized spacial score (nSPS) is 29.5. The molecule has 2 saturated heterocycles. The van der Waals surface area contributed by atoms with Crippen molar-refractivity contribution < 1.29 is 9.53 Å². The maximum atomic E-state index is 12.0. The van der Waals surface area contributed by atoms with Crippen LogP contribution >= 0.6 is 0 Å². The molecule has 5 heteroatoms. The van der Waals surface area contributed by atoms with Crippen molar-refractivity contribution in [3.63, 3.8) is 0 Å². The summed E-state index contributed by atoms with van der Waals surface area (Å²) in [5.74, 6) is 0. The average molecular weight is 295 g/mol. The van der Waals surface area contributed by atoms with Gasteiger partial charge in [-0.2, -0.15) is 0 Å². The molecule has 2 aliphatic heterocycles. The van der Waals surface area contributed by atoms with Gasteiger partial charge < -0.3 is 15.0 Å². The minimum Gasteiger partial charge on any atom is -0.444 e. The Morgan fingerprint density at radius 2 is 1.90 bits per heavy atom. The minimum atomic E-state index is -0.390. The molecular weight excluding hydrogens is 266 g/mol. The zero-order valence-corrected chi connectivity index (χ0v) is 13.7. The summed E-state index contributed by atoms with van der Waals surface area (Å²) in [6.45, 7) is 12.2. The number of carbonyl (C=O) groups excluding carboxylic acids is 1. The van der Waals surface area contributed by atoms with Gasteiger partial charge in [0.05, 0.1) is 0 Å². The number of nitrogens with zero attached hydrogens (tertiary/aromatic N) is 2. The fraction of sp³-hybridized carbons (Fsp3) is 0.938. The van der Waals surface area contributed by atoms with E-state index in [1.165, 1.54) is 32.4 Å². The predicted molar refractivity (Wildman–Crippen MR) is 82.3 cm³/mol. The number of nitrogens with one attached hydrogen (secondary N) is 1. The number of carbonyl (C=O) groups is 1. The van der Waals surface area contributed by atoms with Crippen LogP contribution in [0, 0.1) is 5.41 Å². The molecule has 0 aromatic carbocycles. The van der Waals surface area contributed by atoms with Crippen LogP contribution in [-0.2, 0) is 4.74 Å². The predicted octanol–water partition coefficient (Wildman–Crippen LogP) is 1.68. The maximum absolute atomic E-state index is 12.0. The highest BCUT2D eigenvalue weighted by Crippen LogP contribution is 2.47. The first-order valence-electron chi connectivity index (χ1n) is 8.30. The summed E-state index contributed by atoms with van der Waals surface area (Å²) < 4.78 is 5.46. The standard InChI is InChI=1S/C16H29N3O2/c1-15(2,3)21-14(20)19-11-16(12-19)5-4-13(10-16)18-8-6-17-7-9-18/h13,17H,4-12H2,1-3H3. The number of rotatable bonds is 1. The Bertz CT molecular complexity index is 393. The number of hydrogen-bond donors (Lipinski definition) is 1. The molecule has 120 valence electrons. The van der Waals surface area contributed by atoms with Crippen LogP contribution in [-0.4, -0.2) is 66.8 Å². The van der Waals surface area contributed by atoms with Crippen molar-refractivity contribution in [3.05, 3.63) is 0 Å². The lowest BCUT2D eigenvalue weighted by molar-refractivity contribution is -0.0345. The minimum absolute atomic E-state index is 0.140. The van der Waals surface area contributed by atoms with E-state index >= 15 is 0 Å². The fourth-order valence-electron chi connectivity index (χ4n) is 4.04. The number of ether oxygens (including phenoxy) is 1. The van der Waals surface area contributed by atoms with Gasteiger partial charge in [-0.05, 0) is 40.0 Å². The molecule has 1 aliphatic carbocycles. The molecule has 3 rings (SSSR count). The first-order valence-corrected chi connectivity index (χ1v) is 8.30. The quantitative estimate of drug-likeness (QED) is 0.799. The van der Waals surface area contributed by atoms with Gasteiger partial charge in [-0.25, -0.2) is 4.79 Å². The van der Waals surface area contributed by atoms with Crippen LogP contribution in [0.1, 0.15) is 40.0 Å². The van der Waals surface area contributed by atoms with E-state index in [9.17, 15) is 4.79 Å². The van der Waals surface area contributed by atoms with E-state index in [0.717, 1.165) is 32.2 Å². The van der Waals surface area contributed by atoms with Crippen LogP contribution in [0.4, 0.5) is 4.79 Å². The third-order valence-electron chi connectivity index (χ3n) is 5.05. The zero-order valence-electron chi connectivity index (χ0n) is 13.7. The molecule has 1 spiro atoms. The molecule has 1 N–H and O–H groups in total. The highest BCUT2D eigenvalue weighted by Gasteiger charge is 2.51. The van der Waals surface area contributed by atoms with Crippen LogP contribution in [0.2, 0.25) is 0 Å². The summed E-state index contributed by atoms with van der Waals surface area (Å²) in [7, 11) is 0. The third kappa shape index (κ3) is 3.34. The van der Waals surface area contributed by atoms with E-state index in [0.29, 0.717) is 5.41 Å². The van der Waals surface area contributed by atoms with Crippen LogP contribution in [0.25, 0.3) is 0 Å². The summed E-state index contributed by atoms with van der Waals surface area (Å²) in [6.07, 6.45) is 3.67. The van der Waals surface area contributed by atoms with E-state index in [1.807, 2.05) is 25.7 Å². The molecule has 3 fully saturated rings. The molecule has 2 heterocycles. The summed E-state index contributed by atoms with van der Waals surface area (Å²) >= 11 is 0. The topological polar surface area (TPSA) is 44.8 Å². The second kappa shape index (κ2) is 5.43. The Morgan fingerprint density at radius 1 is 1.24 bits per heavy atom. The van der Waals surface area contributed by atoms with Crippen molar-refractivity contribution in [2.45, 2.75) is 51.7 Å². The summed E-state index contributed by atoms with van der Waals surface area (Å²) in [4.78, 5) is 16.6. The van der Waals surface area contributed by atoms with Crippen LogP contribution < -0.4 is 5.32 Å². The Morgan fingerprint density at radius 3 is 2.52 bits per heavy atom. The van der Waals surface area contributed by atoms with Crippen molar-refractivity contribution in [2.24, 2.45) is 5.41 Å². The van der Waals surface area contributed by atoms with E-state index in [4.69, 9.17) is 4.74 Å². The second-order valence-electron chi connectivity index (χ2n) is 8.02. The van der Waals surface area contributed by atoms with Gasteiger partial charge in [0.15, 0.2) is 0 Å². The van der Waals surface area contributed by atoms with E-state index in [1.54, 1.807) is 0 Å². The molecule has 3 aliphatic rings. The molecule has 0 radical (unpaired) electrons. The zero-order chi connectivity index (χ0) is 15.1. The van der Waals surface area contributed by atoms with Crippen LogP contribution in [0.5, 0.6) is 0 Å². The van der Waals surface area contributed by atoms with Crippen molar-refractivity contribution in [2.75, 3.05) is 39.3 Å². The lowest BCUT2D eigenvalue weighted by Gasteiger charge is -2.48. The van der Waals surface area contributed by atoms with Gasteiger partial charge in [0.25, 0.3) is 0 Å². The number of amides is 1. The van der Waals surface area contributed by atoms with Gasteiger partial charge in [-0.1, -0.05) is 0 Å². The van der Waals surface area contributed by atoms with Crippen molar-refractivity contribution in [1.29, 1.82) is 0 Å². The van der Waals surface area contributed by atoms with Crippen LogP contribution in [0.3, 0.4) is 0 Å². The molecule has 1 saturated carbocycles. The average Bonchev–Trinajstić information content (AvgIpc) is 2.81. The van der Waals surface area contributed by atoms with Gasteiger partial charge in [-0.3, -0.25) is 4.90 Å². The summed E-state index contributed by atoms with van der Waals surface area (Å²) in [5.41, 5.74) is -0.00864. The third-order valence-corrected chi connectivity index (χ3v) is 5.05. The molecule has 0 bridgehead atoms. The molecular formula is C16H29N3O2. The molecule has 1 atom stereocenters. The van der Waals surface area contributed by atoms with Gasteiger partial charge in [0.2, 0.25) is 0 Å². The highest BCUT2D eigenvalue weighted by molar-refractivity contribution is 5.69. The molecule has 21 heavy (non-hydrogen) atoms.